The lowest BCUT2D eigenvalue weighted by Crippen LogP contribution is -2.38. The SMILES string of the molecule is Cc1nn(CCN2CCOCC2)c(C)c1C(Cc1cccc(Cl)c1C)C(N)=O. The number of primary amides is 1. The fourth-order valence-electron chi connectivity index (χ4n) is 3.93. The molecule has 1 aromatic carbocycles. The maximum Gasteiger partial charge on any atom is 0.225 e. The molecule has 1 aliphatic rings. The van der Waals surface area contributed by atoms with Crippen LogP contribution in [-0.4, -0.2) is 53.4 Å². The molecule has 1 fully saturated rings. The van der Waals surface area contributed by atoms with Gasteiger partial charge in [0.25, 0.3) is 0 Å². The third kappa shape index (κ3) is 4.57. The third-order valence-corrected chi connectivity index (χ3v) is 6.07. The van der Waals surface area contributed by atoms with Crippen LogP contribution in [0.15, 0.2) is 18.2 Å². The maximum absolute atomic E-state index is 12.3. The summed E-state index contributed by atoms with van der Waals surface area (Å²) < 4.78 is 7.41. The number of benzene rings is 1. The molecule has 0 bridgehead atoms. The first-order valence-electron chi connectivity index (χ1n) is 9.75. The molecule has 0 saturated carbocycles. The van der Waals surface area contributed by atoms with Crippen LogP contribution in [-0.2, 0) is 22.5 Å². The molecule has 0 aliphatic carbocycles. The predicted molar refractivity (Wildman–Crippen MR) is 111 cm³/mol. The summed E-state index contributed by atoms with van der Waals surface area (Å²) in [7, 11) is 0. The summed E-state index contributed by atoms with van der Waals surface area (Å²) in [6.45, 7) is 11.1. The van der Waals surface area contributed by atoms with E-state index in [1.54, 1.807) is 0 Å². The summed E-state index contributed by atoms with van der Waals surface area (Å²) in [6.07, 6.45) is 0.526. The highest BCUT2D eigenvalue weighted by molar-refractivity contribution is 6.31. The van der Waals surface area contributed by atoms with Gasteiger partial charge in [-0.15, -0.1) is 0 Å². The monoisotopic (exact) mass is 404 g/mol. The average Bonchev–Trinajstić information content (AvgIpc) is 2.95. The molecule has 0 radical (unpaired) electrons. The first-order chi connectivity index (χ1) is 13.4. The average molecular weight is 405 g/mol. The van der Waals surface area contributed by atoms with Crippen molar-refractivity contribution in [1.29, 1.82) is 0 Å². The van der Waals surface area contributed by atoms with E-state index < -0.39 is 5.92 Å². The number of aryl methyl sites for hydroxylation is 1. The minimum atomic E-state index is -0.422. The highest BCUT2D eigenvalue weighted by Crippen LogP contribution is 2.29. The molecule has 1 amide bonds. The number of ether oxygens (including phenoxy) is 1. The molecule has 2 aromatic rings. The summed E-state index contributed by atoms with van der Waals surface area (Å²) in [4.78, 5) is 14.7. The second kappa shape index (κ2) is 9.07. The van der Waals surface area contributed by atoms with Gasteiger partial charge in [-0.1, -0.05) is 23.7 Å². The van der Waals surface area contributed by atoms with E-state index in [9.17, 15) is 4.79 Å². The summed E-state index contributed by atoms with van der Waals surface area (Å²) in [5, 5.41) is 5.41. The molecule has 2 heterocycles. The van der Waals surface area contributed by atoms with Gasteiger partial charge in [0.2, 0.25) is 5.91 Å². The number of nitrogens with zero attached hydrogens (tertiary/aromatic N) is 3. The Morgan fingerprint density at radius 3 is 2.64 bits per heavy atom. The quantitative estimate of drug-likeness (QED) is 0.769. The molecule has 1 atom stereocenters. The Kier molecular flexibility index (Phi) is 6.75. The molecular weight excluding hydrogens is 376 g/mol. The van der Waals surface area contributed by atoms with Gasteiger partial charge in [0, 0.05) is 35.9 Å². The first kappa shape index (κ1) is 20.8. The topological polar surface area (TPSA) is 73.4 Å². The molecule has 1 unspecified atom stereocenters. The van der Waals surface area contributed by atoms with Crippen molar-refractivity contribution in [2.24, 2.45) is 5.73 Å². The summed E-state index contributed by atoms with van der Waals surface area (Å²) in [6, 6.07) is 5.78. The summed E-state index contributed by atoms with van der Waals surface area (Å²) >= 11 is 6.26. The van der Waals surface area contributed by atoms with E-state index in [-0.39, 0.29) is 5.91 Å². The van der Waals surface area contributed by atoms with Crippen molar-refractivity contribution in [2.45, 2.75) is 39.7 Å². The highest BCUT2D eigenvalue weighted by Gasteiger charge is 2.27. The molecule has 1 saturated heterocycles. The largest absolute Gasteiger partial charge is 0.379 e. The molecule has 28 heavy (non-hydrogen) atoms. The molecular formula is C21H29ClN4O2. The number of rotatable bonds is 7. The summed E-state index contributed by atoms with van der Waals surface area (Å²) in [5.41, 5.74) is 10.7. The van der Waals surface area contributed by atoms with Crippen LogP contribution in [0, 0.1) is 20.8 Å². The minimum Gasteiger partial charge on any atom is -0.379 e. The lowest BCUT2D eigenvalue weighted by molar-refractivity contribution is -0.119. The van der Waals surface area contributed by atoms with Crippen molar-refractivity contribution in [1.82, 2.24) is 14.7 Å². The highest BCUT2D eigenvalue weighted by atomic mass is 35.5. The van der Waals surface area contributed by atoms with Crippen LogP contribution in [0.4, 0.5) is 0 Å². The third-order valence-electron chi connectivity index (χ3n) is 5.67. The molecule has 0 spiro atoms. The van der Waals surface area contributed by atoms with E-state index in [0.717, 1.165) is 67.5 Å². The van der Waals surface area contributed by atoms with Crippen LogP contribution < -0.4 is 5.73 Å². The molecule has 1 aliphatic heterocycles. The van der Waals surface area contributed by atoms with E-state index in [0.29, 0.717) is 11.4 Å². The molecule has 152 valence electrons. The number of morpholine rings is 1. The first-order valence-corrected chi connectivity index (χ1v) is 10.1. The zero-order valence-electron chi connectivity index (χ0n) is 16.9. The van der Waals surface area contributed by atoms with Crippen molar-refractivity contribution < 1.29 is 9.53 Å². The zero-order chi connectivity index (χ0) is 20.3. The Hall–Kier alpha value is -1.89. The second-order valence-electron chi connectivity index (χ2n) is 7.44. The molecule has 2 N–H and O–H groups in total. The zero-order valence-corrected chi connectivity index (χ0v) is 17.6. The predicted octanol–water partition coefficient (Wildman–Crippen LogP) is 2.61. The Balaban J connectivity index is 1.81. The van der Waals surface area contributed by atoms with Gasteiger partial charge in [0.1, 0.15) is 0 Å². The fraction of sp³-hybridized carbons (Fsp3) is 0.524. The standard InChI is InChI=1S/C21H29ClN4O2/c1-14-17(5-4-6-19(14)22)13-18(21(23)27)20-15(2)24-26(16(20)3)8-7-25-9-11-28-12-10-25/h4-6,18H,7-13H2,1-3H3,(H2,23,27). The van der Waals surface area contributed by atoms with E-state index in [1.807, 2.05) is 43.7 Å². The van der Waals surface area contributed by atoms with Gasteiger partial charge in [0.05, 0.1) is 31.4 Å². The van der Waals surface area contributed by atoms with E-state index in [4.69, 9.17) is 27.2 Å². The normalized spacial score (nSPS) is 16.3. The number of carbonyl (C=O) groups is 1. The van der Waals surface area contributed by atoms with Crippen molar-refractivity contribution in [3.8, 4) is 0 Å². The number of aromatic nitrogens is 2. The fourth-order valence-corrected chi connectivity index (χ4v) is 4.13. The molecule has 3 rings (SSSR count). The number of carbonyl (C=O) groups excluding carboxylic acids is 1. The Labute approximate surface area is 171 Å². The van der Waals surface area contributed by atoms with Crippen LogP contribution >= 0.6 is 11.6 Å². The Morgan fingerprint density at radius 1 is 1.25 bits per heavy atom. The van der Waals surface area contributed by atoms with Gasteiger partial charge in [-0.3, -0.25) is 14.4 Å². The Morgan fingerprint density at radius 2 is 1.96 bits per heavy atom. The van der Waals surface area contributed by atoms with Crippen LogP contribution in [0.1, 0.15) is 34.0 Å². The maximum atomic E-state index is 12.3. The number of halogens is 1. The van der Waals surface area contributed by atoms with Crippen LogP contribution in [0.5, 0.6) is 0 Å². The van der Waals surface area contributed by atoms with Crippen molar-refractivity contribution >= 4 is 17.5 Å². The molecule has 6 nitrogen and oxygen atoms in total. The van der Waals surface area contributed by atoms with Crippen molar-refractivity contribution in [2.75, 3.05) is 32.8 Å². The van der Waals surface area contributed by atoms with Crippen molar-refractivity contribution in [3.05, 3.63) is 51.3 Å². The number of amides is 1. The van der Waals surface area contributed by atoms with E-state index >= 15 is 0 Å². The lowest BCUT2D eigenvalue weighted by atomic mass is 9.88. The Bertz CT molecular complexity index is 843. The lowest BCUT2D eigenvalue weighted by Gasteiger charge is -2.26. The van der Waals surface area contributed by atoms with Crippen LogP contribution in [0.3, 0.4) is 0 Å². The van der Waals surface area contributed by atoms with E-state index in [1.165, 1.54) is 0 Å². The minimum absolute atomic E-state index is 0.335. The van der Waals surface area contributed by atoms with Gasteiger partial charge in [-0.2, -0.15) is 5.10 Å². The molecule has 1 aromatic heterocycles. The van der Waals surface area contributed by atoms with Gasteiger partial charge in [-0.05, 0) is 44.4 Å². The van der Waals surface area contributed by atoms with Crippen molar-refractivity contribution in [3.63, 3.8) is 0 Å². The van der Waals surface area contributed by atoms with Crippen LogP contribution in [0.2, 0.25) is 5.02 Å². The van der Waals surface area contributed by atoms with Gasteiger partial charge in [-0.25, -0.2) is 0 Å². The number of nitrogens with two attached hydrogens (primary N) is 1. The molecule has 7 heteroatoms. The van der Waals surface area contributed by atoms with Gasteiger partial charge < -0.3 is 10.5 Å². The number of hydrogen-bond acceptors (Lipinski definition) is 4. The number of hydrogen-bond donors (Lipinski definition) is 1. The van der Waals surface area contributed by atoms with Gasteiger partial charge >= 0.3 is 0 Å². The second-order valence-corrected chi connectivity index (χ2v) is 7.85. The van der Waals surface area contributed by atoms with Crippen LogP contribution in [0.25, 0.3) is 0 Å². The summed E-state index contributed by atoms with van der Waals surface area (Å²) in [5.74, 6) is -0.757. The van der Waals surface area contributed by atoms with Gasteiger partial charge in [0.15, 0.2) is 0 Å². The smallest absolute Gasteiger partial charge is 0.225 e. The van der Waals surface area contributed by atoms with E-state index in [2.05, 4.69) is 4.90 Å².